The van der Waals surface area contributed by atoms with E-state index in [2.05, 4.69) is 9.97 Å². The van der Waals surface area contributed by atoms with Crippen molar-refractivity contribution in [2.75, 3.05) is 6.54 Å². The first-order valence-electron chi connectivity index (χ1n) is 10.1. The zero-order valence-electron chi connectivity index (χ0n) is 17.1. The molecule has 1 aromatic carbocycles. The number of benzene rings is 1. The number of halogens is 4. The molecule has 3 heterocycles. The Morgan fingerprint density at radius 3 is 2.82 bits per heavy atom. The Labute approximate surface area is 185 Å². The first-order chi connectivity index (χ1) is 15.7. The maximum absolute atomic E-state index is 13.7. The van der Waals surface area contributed by atoms with Crippen LogP contribution < -0.4 is 10.5 Å². The van der Waals surface area contributed by atoms with Crippen LogP contribution in [0, 0.1) is 11.3 Å². The summed E-state index contributed by atoms with van der Waals surface area (Å²) in [7, 11) is 0. The molecule has 1 saturated heterocycles. The molecule has 1 aliphatic heterocycles. The molecule has 1 aliphatic rings. The molecular formula is C22H19F4N5O2. The first kappa shape index (κ1) is 22.5. The highest BCUT2D eigenvalue weighted by Crippen LogP contribution is 2.31. The lowest BCUT2D eigenvalue weighted by Gasteiger charge is -2.23. The monoisotopic (exact) mass is 461 g/mol. The van der Waals surface area contributed by atoms with Gasteiger partial charge in [-0.1, -0.05) is 0 Å². The van der Waals surface area contributed by atoms with E-state index >= 15 is 0 Å². The number of amides is 1. The molecule has 3 aromatic rings. The topological polar surface area (TPSA) is 108 Å². The molecule has 11 heteroatoms. The van der Waals surface area contributed by atoms with Gasteiger partial charge < -0.3 is 20.4 Å². The fraction of sp³-hybridized carbons (Fsp3) is 0.318. The molecule has 172 valence electrons. The summed E-state index contributed by atoms with van der Waals surface area (Å²) in [5, 5.41) is 9.86. The predicted octanol–water partition coefficient (Wildman–Crippen LogP) is 3.71. The number of H-pyrrole nitrogens is 1. The summed E-state index contributed by atoms with van der Waals surface area (Å²) >= 11 is 0. The van der Waals surface area contributed by atoms with Crippen LogP contribution in [0.25, 0.3) is 10.9 Å². The maximum Gasteiger partial charge on any atom is 0.417 e. The highest BCUT2D eigenvalue weighted by molar-refractivity contribution is 5.87. The van der Waals surface area contributed by atoms with Crippen LogP contribution in [-0.4, -0.2) is 45.6 Å². The van der Waals surface area contributed by atoms with Gasteiger partial charge >= 0.3 is 6.18 Å². The number of nitrogens with two attached hydrogens (primary N) is 1. The summed E-state index contributed by atoms with van der Waals surface area (Å²) in [5.74, 6) is -0.180. The third kappa shape index (κ3) is 4.75. The zero-order chi connectivity index (χ0) is 23.8. The number of hydrogen-bond acceptors (Lipinski definition) is 5. The minimum absolute atomic E-state index is 0.0105. The van der Waals surface area contributed by atoms with Crippen molar-refractivity contribution in [1.82, 2.24) is 14.9 Å². The highest BCUT2D eigenvalue weighted by atomic mass is 19.4. The van der Waals surface area contributed by atoms with Gasteiger partial charge in [-0.05, 0) is 36.2 Å². The lowest BCUT2D eigenvalue weighted by molar-refractivity contribution is -0.138. The molecule has 0 aliphatic carbocycles. The molecule has 1 fully saturated rings. The fourth-order valence-electron chi connectivity index (χ4n) is 3.81. The number of pyridine rings is 1. The van der Waals surface area contributed by atoms with Crippen LogP contribution in [0.2, 0.25) is 0 Å². The number of nitriles is 1. The van der Waals surface area contributed by atoms with Gasteiger partial charge in [0.15, 0.2) is 0 Å². The second-order valence-electron chi connectivity index (χ2n) is 7.79. The SMILES string of the molecule is N#CC1CC(F)CN1C(=O)[C@@H](N)Cc1c[nH]c2ccc(Oc3ccc(C(F)(F)F)cn3)cc12. The van der Waals surface area contributed by atoms with Gasteiger partial charge in [0, 0.05) is 35.8 Å². The molecule has 2 unspecified atom stereocenters. The van der Waals surface area contributed by atoms with Gasteiger partial charge in [0.05, 0.1) is 24.2 Å². The van der Waals surface area contributed by atoms with Crippen molar-refractivity contribution in [2.45, 2.75) is 37.3 Å². The standard InChI is InChI=1S/C22H19F4N5O2/c23-14-6-15(8-27)31(11-14)21(32)18(28)5-12-9-29-19-3-2-16(7-17(12)19)33-20-4-1-13(10-30-20)22(24,25)26/h1-4,7,9-10,14-15,18,29H,5-6,11,28H2/t14?,15?,18-/m0/s1. The van der Waals surface area contributed by atoms with Gasteiger partial charge in [0.25, 0.3) is 0 Å². The summed E-state index contributed by atoms with van der Waals surface area (Å²) in [4.78, 5) is 20.6. The van der Waals surface area contributed by atoms with Crippen molar-refractivity contribution in [1.29, 1.82) is 5.26 Å². The summed E-state index contributed by atoms with van der Waals surface area (Å²) in [5.41, 5.74) is 6.63. The van der Waals surface area contributed by atoms with Crippen molar-refractivity contribution < 1.29 is 27.1 Å². The number of likely N-dealkylation sites (tertiary alicyclic amines) is 1. The smallest absolute Gasteiger partial charge is 0.417 e. The molecule has 0 bridgehead atoms. The van der Waals surface area contributed by atoms with E-state index < -0.39 is 35.9 Å². The van der Waals surface area contributed by atoms with Crippen molar-refractivity contribution in [2.24, 2.45) is 5.73 Å². The number of alkyl halides is 4. The average Bonchev–Trinajstić information content (AvgIpc) is 3.35. The lowest BCUT2D eigenvalue weighted by atomic mass is 10.0. The van der Waals surface area contributed by atoms with Crippen LogP contribution >= 0.6 is 0 Å². The zero-order valence-corrected chi connectivity index (χ0v) is 17.1. The van der Waals surface area contributed by atoms with E-state index in [4.69, 9.17) is 15.7 Å². The summed E-state index contributed by atoms with van der Waals surface area (Å²) < 4.78 is 57.3. The third-order valence-electron chi connectivity index (χ3n) is 5.46. The van der Waals surface area contributed by atoms with Gasteiger partial charge in [-0.25, -0.2) is 9.37 Å². The van der Waals surface area contributed by atoms with E-state index in [1.807, 2.05) is 6.07 Å². The molecule has 3 atom stereocenters. The Morgan fingerprint density at radius 1 is 1.36 bits per heavy atom. The number of fused-ring (bicyclic) bond motifs is 1. The number of carbonyl (C=O) groups excluding carboxylic acids is 1. The number of aromatic nitrogens is 2. The number of aromatic amines is 1. The Balaban J connectivity index is 1.50. The Hall–Kier alpha value is -3.65. The Morgan fingerprint density at radius 2 is 2.15 bits per heavy atom. The number of carbonyl (C=O) groups is 1. The van der Waals surface area contributed by atoms with Crippen molar-refractivity contribution in [3.05, 3.63) is 53.9 Å². The van der Waals surface area contributed by atoms with Crippen LogP contribution in [0.3, 0.4) is 0 Å². The quantitative estimate of drug-likeness (QED) is 0.564. The fourth-order valence-corrected chi connectivity index (χ4v) is 3.81. The molecule has 3 N–H and O–H groups in total. The molecule has 1 amide bonds. The van der Waals surface area contributed by atoms with Crippen molar-refractivity contribution in [3.63, 3.8) is 0 Å². The van der Waals surface area contributed by atoms with Gasteiger partial charge in [-0.3, -0.25) is 4.79 Å². The highest BCUT2D eigenvalue weighted by Gasteiger charge is 2.37. The molecular weight excluding hydrogens is 442 g/mol. The van der Waals surface area contributed by atoms with Gasteiger partial charge in [0.1, 0.15) is 18.0 Å². The van der Waals surface area contributed by atoms with Crippen molar-refractivity contribution in [3.8, 4) is 17.7 Å². The number of ether oxygens (including phenoxy) is 1. The summed E-state index contributed by atoms with van der Waals surface area (Å²) in [6.45, 7) is -0.156. The van der Waals surface area contributed by atoms with E-state index in [9.17, 15) is 22.4 Å². The lowest BCUT2D eigenvalue weighted by Crippen LogP contribution is -2.46. The van der Waals surface area contributed by atoms with Crippen LogP contribution in [0.1, 0.15) is 17.5 Å². The minimum Gasteiger partial charge on any atom is -0.439 e. The summed E-state index contributed by atoms with van der Waals surface area (Å²) in [6.07, 6.45) is -3.27. The Kier molecular flexibility index (Phi) is 5.95. The Bertz CT molecular complexity index is 1200. The van der Waals surface area contributed by atoms with Gasteiger partial charge in [-0.2, -0.15) is 18.4 Å². The maximum atomic E-state index is 13.7. The molecule has 33 heavy (non-hydrogen) atoms. The molecule has 0 radical (unpaired) electrons. The first-order valence-corrected chi connectivity index (χ1v) is 10.1. The van der Waals surface area contributed by atoms with E-state index in [1.165, 1.54) is 4.90 Å². The molecule has 0 spiro atoms. The normalized spacial score (nSPS) is 19.5. The predicted molar refractivity (Wildman–Crippen MR) is 110 cm³/mol. The average molecular weight is 461 g/mol. The number of rotatable bonds is 5. The second-order valence-corrected chi connectivity index (χ2v) is 7.79. The number of nitrogens with zero attached hydrogens (tertiary/aromatic N) is 3. The van der Waals surface area contributed by atoms with Gasteiger partial charge in [-0.15, -0.1) is 0 Å². The van der Waals surface area contributed by atoms with Gasteiger partial charge in [0.2, 0.25) is 11.8 Å². The van der Waals surface area contributed by atoms with Crippen molar-refractivity contribution >= 4 is 16.8 Å². The van der Waals surface area contributed by atoms with E-state index in [1.54, 1.807) is 24.4 Å². The van der Waals surface area contributed by atoms with E-state index in [0.717, 1.165) is 17.6 Å². The molecule has 0 saturated carbocycles. The van der Waals surface area contributed by atoms with E-state index in [-0.39, 0.29) is 25.3 Å². The third-order valence-corrected chi connectivity index (χ3v) is 5.46. The van der Waals surface area contributed by atoms with Crippen LogP contribution in [0.4, 0.5) is 17.6 Å². The van der Waals surface area contributed by atoms with Crippen LogP contribution in [0.15, 0.2) is 42.7 Å². The van der Waals surface area contributed by atoms with Crippen LogP contribution in [-0.2, 0) is 17.4 Å². The van der Waals surface area contributed by atoms with E-state index in [0.29, 0.717) is 22.9 Å². The molecule has 7 nitrogen and oxygen atoms in total. The number of nitrogens with one attached hydrogen (secondary N) is 1. The molecule has 4 rings (SSSR count). The largest absolute Gasteiger partial charge is 0.439 e. The summed E-state index contributed by atoms with van der Waals surface area (Å²) in [6, 6.07) is 7.11. The second kappa shape index (κ2) is 8.71. The minimum atomic E-state index is -4.49. The molecule has 2 aromatic heterocycles. The number of hydrogen-bond donors (Lipinski definition) is 2. The van der Waals surface area contributed by atoms with Crippen LogP contribution in [0.5, 0.6) is 11.6 Å².